The van der Waals surface area contributed by atoms with Crippen LogP contribution in [0.15, 0.2) is 60.8 Å². The molecule has 0 amide bonds. The minimum Gasteiger partial charge on any atom is -0.491 e. The van der Waals surface area contributed by atoms with Crippen molar-refractivity contribution in [1.29, 1.82) is 0 Å². The lowest BCUT2D eigenvalue weighted by molar-refractivity contribution is -0.134. The van der Waals surface area contributed by atoms with Crippen LogP contribution >= 0.6 is 0 Å². The Kier molecular flexibility index (Phi) is 10.2. The van der Waals surface area contributed by atoms with Gasteiger partial charge in [0.25, 0.3) is 0 Å². The number of ether oxygens (including phenoxy) is 2. The topological polar surface area (TPSA) is 118 Å². The number of hydrogen-bond acceptors (Lipinski definition) is 6. The summed E-state index contributed by atoms with van der Waals surface area (Å²) in [5, 5.41) is 19.1. The summed E-state index contributed by atoms with van der Waals surface area (Å²) in [6.07, 6.45) is 4.04. The van der Waals surface area contributed by atoms with Crippen LogP contribution in [0.1, 0.15) is 23.6 Å². The number of carboxylic acid groups (broad SMARTS) is 2. The molecule has 0 unspecified atom stereocenters. The fourth-order valence-corrected chi connectivity index (χ4v) is 3.38. The van der Waals surface area contributed by atoms with E-state index in [9.17, 15) is 9.59 Å². The third kappa shape index (κ3) is 8.57. The van der Waals surface area contributed by atoms with Crippen LogP contribution in [0.25, 0.3) is 0 Å². The van der Waals surface area contributed by atoms with Crippen LogP contribution in [0.2, 0.25) is 0 Å². The molecule has 1 aromatic heterocycles. The second-order valence-electron chi connectivity index (χ2n) is 6.97. The molecule has 1 saturated heterocycles. The summed E-state index contributed by atoms with van der Waals surface area (Å²) >= 11 is 0. The second-order valence-corrected chi connectivity index (χ2v) is 6.97. The number of nitrogens with one attached hydrogen (secondary N) is 1. The van der Waals surface area contributed by atoms with Gasteiger partial charge in [0.2, 0.25) is 0 Å². The molecule has 1 aliphatic heterocycles. The first-order valence-corrected chi connectivity index (χ1v) is 9.96. The van der Waals surface area contributed by atoms with Crippen molar-refractivity contribution in [1.82, 2.24) is 10.3 Å². The van der Waals surface area contributed by atoms with E-state index in [1.54, 1.807) is 13.3 Å². The number of hydrogen-bond donors (Lipinski definition) is 3. The molecule has 0 bridgehead atoms. The van der Waals surface area contributed by atoms with Gasteiger partial charge in [-0.25, -0.2) is 9.59 Å². The van der Waals surface area contributed by atoms with Crippen LogP contribution in [0.3, 0.4) is 0 Å². The van der Waals surface area contributed by atoms with Gasteiger partial charge >= 0.3 is 11.9 Å². The first-order chi connectivity index (χ1) is 15.0. The number of carbonyl (C=O) groups is 2. The molecule has 166 valence electrons. The normalized spacial score (nSPS) is 18.1. The summed E-state index contributed by atoms with van der Waals surface area (Å²) < 4.78 is 11.3. The van der Waals surface area contributed by atoms with E-state index in [2.05, 4.69) is 40.6 Å². The summed E-state index contributed by atoms with van der Waals surface area (Å²) in [6.45, 7) is 3.22. The van der Waals surface area contributed by atoms with E-state index in [0.717, 1.165) is 31.0 Å². The Morgan fingerprint density at radius 3 is 2.48 bits per heavy atom. The van der Waals surface area contributed by atoms with Crippen LogP contribution in [0.5, 0.6) is 5.75 Å². The van der Waals surface area contributed by atoms with Gasteiger partial charge in [-0.2, -0.15) is 0 Å². The Hall–Kier alpha value is -3.23. The predicted octanol–water partition coefficient (Wildman–Crippen LogP) is 2.71. The lowest BCUT2D eigenvalue weighted by Crippen LogP contribution is -2.38. The minimum atomic E-state index is -1.26. The van der Waals surface area contributed by atoms with Gasteiger partial charge in [-0.05, 0) is 36.6 Å². The molecule has 1 aliphatic rings. The highest BCUT2D eigenvalue weighted by molar-refractivity contribution is 5.89. The summed E-state index contributed by atoms with van der Waals surface area (Å²) in [4.78, 5) is 23.5. The lowest BCUT2D eigenvalue weighted by Gasteiger charge is -2.32. The highest BCUT2D eigenvalue weighted by atomic mass is 16.5. The highest BCUT2D eigenvalue weighted by Crippen LogP contribution is 2.31. The Morgan fingerprint density at radius 2 is 1.84 bits per heavy atom. The van der Waals surface area contributed by atoms with Gasteiger partial charge in [-0.3, -0.25) is 4.98 Å². The molecule has 3 N–H and O–H groups in total. The molecule has 0 saturated carbocycles. The number of nitrogens with zero attached hydrogens (tertiary/aromatic N) is 1. The van der Waals surface area contributed by atoms with Crippen LogP contribution in [0, 0.1) is 5.92 Å². The summed E-state index contributed by atoms with van der Waals surface area (Å²) in [5.74, 6) is -0.687. The molecule has 2 heterocycles. The number of piperidine rings is 1. The third-order valence-corrected chi connectivity index (χ3v) is 4.79. The third-order valence-electron chi connectivity index (χ3n) is 4.79. The molecule has 8 heteroatoms. The maximum Gasteiger partial charge on any atom is 0.328 e. The second kappa shape index (κ2) is 13.1. The van der Waals surface area contributed by atoms with E-state index in [1.165, 1.54) is 5.56 Å². The smallest absolute Gasteiger partial charge is 0.328 e. The van der Waals surface area contributed by atoms with Gasteiger partial charge in [0.1, 0.15) is 11.4 Å². The Balaban J connectivity index is 0.000000366. The van der Waals surface area contributed by atoms with Crippen molar-refractivity contribution in [3.63, 3.8) is 0 Å². The molecule has 0 radical (unpaired) electrons. The van der Waals surface area contributed by atoms with Gasteiger partial charge in [-0.1, -0.05) is 30.3 Å². The van der Waals surface area contributed by atoms with Gasteiger partial charge in [0.15, 0.2) is 0 Å². The van der Waals surface area contributed by atoms with Crippen molar-refractivity contribution in [3.05, 3.63) is 72.1 Å². The number of aromatic nitrogens is 1. The molecule has 2 atom stereocenters. The van der Waals surface area contributed by atoms with Crippen LogP contribution in [-0.4, -0.2) is 53.9 Å². The van der Waals surface area contributed by atoms with Crippen molar-refractivity contribution < 1.29 is 29.3 Å². The predicted molar refractivity (Wildman–Crippen MR) is 115 cm³/mol. The van der Waals surface area contributed by atoms with E-state index in [1.807, 2.05) is 12.1 Å². The summed E-state index contributed by atoms with van der Waals surface area (Å²) in [6, 6.07) is 14.6. The van der Waals surface area contributed by atoms with E-state index in [-0.39, 0.29) is 0 Å². The van der Waals surface area contributed by atoms with Crippen molar-refractivity contribution in [2.24, 2.45) is 5.92 Å². The monoisotopic (exact) mass is 428 g/mol. The molecule has 3 rings (SSSR count). The SMILES string of the molecule is COCc1ncccc1OC[C@@H]1CNCC[C@H]1c1ccccc1.O=C(O)/C=C/C(=O)O. The lowest BCUT2D eigenvalue weighted by atomic mass is 9.81. The van der Waals surface area contributed by atoms with E-state index >= 15 is 0 Å². The Bertz CT molecular complexity index is 840. The molecule has 8 nitrogen and oxygen atoms in total. The van der Waals surface area contributed by atoms with E-state index in [0.29, 0.717) is 37.2 Å². The van der Waals surface area contributed by atoms with E-state index in [4.69, 9.17) is 19.7 Å². The number of pyridine rings is 1. The average molecular weight is 428 g/mol. The molecule has 1 aromatic carbocycles. The standard InChI is InChI=1S/C19H24N2O2.C4H4O4/c1-22-14-18-19(8-5-10-21-18)23-13-16-12-20-11-9-17(16)15-6-3-2-4-7-15;5-3(6)1-2-4(7)8/h2-8,10,16-17,20H,9,11-14H2,1H3;1-2H,(H,5,6)(H,7,8)/b;2-1+/t16-,17-;/m0./s1. The van der Waals surface area contributed by atoms with Gasteiger partial charge in [-0.15, -0.1) is 0 Å². The molecule has 2 aromatic rings. The average Bonchev–Trinajstić information content (AvgIpc) is 2.78. The molecular weight excluding hydrogens is 400 g/mol. The molecule has 1 fully saturated rings. The zero-order chi connectivity index (χ0) is 22.5. The van der Waals surface area contributed by atoms with Crippen molar-refractivity contribution in [2.45, 2.75) is 18.9 Å². The highest BCUT2D eigenvalue weighted by Gasteiger charge is 2.27. The van der Waals surface area contributed by atoms with Crippen molar-refractivity contribution >= 4 is 11.9 Å². The maximum absolute atomic E-state index is 9.55. The van der Waals surface area contributed by atoms with Crippen LogP contribution in [0.4, 0.5) is 0 Å². The molecule has 0 aliphatic carbocycles. The van der Waals surface area contributed by atoms with E-state index < -0.39 is 11.9 Å². The fraction of sp³-hybridized carbons (Fsp3) is 0.348. The number of rotatable bonds is 8. The summed E-state index contributed by atoms with van der Waals surface area (Å²) in [5.41, 5.74) is 2.26. The van der Waals surface area contributed by atoms with Gasteiger partial charge < -0.3 is 25.0 Å². The minimum absolute atomic E-state index is 0.460. The molecule has 31 heavy (non-hydrogen) atoms. The van der Waals surface area contributed by atoms with Crippen LogP contribution < -0.4 is 10.1 Å². The fourth-order valence-electron chi connectivity index (χ4n) is 3.38. The number of carboxylic acids is 2. The first-order valence-electron chi connectivity index (χ1n) is 9.96. The van der Waals surface area contributed by atoms with Gasteiger partial charge in [0, 0.05) is 37.9 Å². The zero-order valence-corrected chi connectivity index (χ0v) is 17.4. The zero-order valence-electron chi connectivity index (χ0n) is 17.4. The summed E-state index contributed by atoms with van der Waals surface area (Å²) in [7, 11) is 1.68. The van der Waals surface area contributed by atoms with Gasteiger partial charge in [0.05, 0.1) is 13.2 Å². The largest absolute Gasteiger partial charge is 0.491 e. The maximum atomic E-state index is 9.55. The Labute approximate surface area is 181 Å². The first kappa shape index (κ1) is 24.0. The molecule has 0 spiro atoms. The molecular formula is C23H28N2O6. The Morgan fingerprint density at radius 1 is 1.13 bits per heavy atom. The number of methoxy groups -OCH3 is 1. The van der Waals surface area contributed by atoms with Crippen molar-refractivity contribution in [2.75, 3.05) is 26.8 Å². The quantitative estimate of drug-likeness (QED) is 0.550. The van der Waals surface area contributed by atoms with Crippen LogP contribution in [-0.2, 0) is 20.9 Å². The van der Waals surface area contributed by atoms with Crippen molar-refractivity contribution in [3.8, 4) is 5.75 Å². The number of aliphatic carboxylic acids is 2. The number of benzene rings is 1.